The number of nitrogens with one attached hydrogen (secondary N) is 1. The van der Waals surface area contributed by atoms with E-state index in [0.29, 0.717) is 6.54 Å². The van der Waals surface area contributed by atoms with Crippen molar-refractivity contribution in [3.63, 3.8) is 0 Å². The molecule has 1 aliphatic heterocycles. The number of amides is 1. The molecule has 116 valence electrons. The Kier molecular flexibility index (Phi) is 5.59. The summed E-state index contributed by atoms with van der Waals surface area (Å²) in [6, 6.07) is 4.85. The first-order chi connectivity index (χ1) is 10.0. The number of carbonyl (C=O) groups is 1. The van der Waals surface area contributed by atoms with Gasteiger partial charge in [0.15, 0.2) is 5.82 Å². The van der Waals surface area contributed by atoms with Crippen LogP contribution >= 0.6 is 11.6 Å². The normalized spacial score (nSPS) is 18.8. The van der Waals surface area contributed by atoms with E-state index in [4.69, 9.17) is 11.6 Å². The van der Waals surface area contributed by atoms with Crippen molar-refractivity contribution >= 4 is 17.5 Å². The van der Waals surface area contributed by atoms with Gasteiger partial charge in [-0.2, -0.15) is 0 Å². The van der Waals surface area contributed by atoms with Crippen LogP contribution in [0.1, 0.15) is 43.5 Å². The molecule has 1 amide bonds. The third kappa shape index (κ3) is 3.95. The Labute approximate surface area is 130 Å². The Morgan fingerprint density at radius 3 is 2.86 bits per heavy atom. The van der Waals surface area contributed by atoms with E-state index >= 15 is 0 Å². The van der Waals surface area contributed by atoms with Crippen molar-refractivity contribution in [2.24, 2.45) is 0 Å². The maximum absolute atomic E-state index is 14.1. The predicted molar refractivity (Wildman–Crippen MR) is 83.2 cm³/mol. The van der Waals surface area contributed by atoms with Crippen molar-refractivity contribution in [2.45, 2.75) is 45.2 Å². The zero-order valence-electron chi connectivity index (χ0n) is 12.5. The van der Waals surface area contributed by atoms with E-state index in [9.17, 15) is 9.18 Å². The Morgan fingerprint density at radius 1 is 1.48 bits per heavy atom. The molecule has 0 bridgehead atoms. The van der Waals surface area contributed by atoms with E-state index in [2.05, 4.69) is 5.32 Å². The van der Waals surface area contributed by atoms with Gasteiger partial charge in [0.1, 0.15) is 0 Å². The molecule has 1 unspecified atom stereocenters. The van der Waals surface area contributed by atoms with Crippen molar-refractivity contribution in [3.8, 4) is 0 Å². The number of rotatable bonds is 4. The zero-order chi connectivity index (χ0) is 15.4. The SMILES string of the molecule is CC(C)N(CC1CCCCN1)C(=O)c1cccc(Cl)c1F. The maximum Gasteiger partial charge on any atom is 0.257 e. The number of hydrogen-bond donors (Lipinski definition) is 1. The third-order valence-corrected chi connectivity index (χ3v) is 4.19. The first kappa shape index (κ1) is 16.2. The molecule has 3 nitrogen and oxygen atoms in total. The van der Waals surface area contributed by atoms with Crippen LogP contribution < -0.4 is 5.32 Å². The molecule has 1 fully saturated rings. The van der Waals surface area contributed by atoms with Crippen LogP contribution in [0.4, 0.5) is 4.39 Å². The van der Waals surface area contributed by atoms with E-state index in [1.807, 2.05) is 13.8 Å². The first-order valence-corrected chi connectivity index (χ1v) is 7.87. The van der Waals surface area contributed by atoms with Crippen LogP contribution in [0, 0.1) is 5.82 Å². The van der Waals surface area contributed by atoms with E-state index in [-0.39, 0.29) is 28.6 Å². The molecule has 0 aromatic heterocycles. The molecular weight excluding hydrogens is 291 g/mol. The van der Waals surface area contributed by atoms with Crippen molar-refractivity contribution in [1.82, 2.24) is 10.2 Å². The average molecular weight is 313 g/mol. The summed E-state index contributed by atoms with van der Waals surface area (Å²) in [5.74, 6) is -0.927. The van der Waals surface area contributed by atoms with Gasteiger partial charge in [-0.3, -0.25) is 4.79 Å². The zero-order valence-corrected chi connectivity index (χ0v) is 13.3. The Bertz CT molecular complexity index is 501. The lowest BCUT2D eigenvalue weighted by molar-refractivity contribution is 0.0672. The summed E-state index contributed by atoms with van der Waals surface area (Å²) in [5.41, 5.74) is 0.0482. The monoisotopic (exact) mass is 312 g/mol. The fourth-order valence-corrected chi connectivity index (χ4v) is 2.84. The second-order valence-corrected chi connectivity index (χ2v) is 6.21. The number of benzene rings is 1. The van der Waals surface area contributed by atoms with Gasteiger partial charge in [-0.15, -0.1) is 0 Å². The minimum absolute atomic E-state index is 0.0135. The van der Waals surface area contributed by atoms with E-state index < -0.39 is 5.82 Å². The van der Waals surface area contributed by atoms with Crippen LogP contribution in [0.2, 0.25) is 5.02 Å². The smallest absolute Gasteiger partial charge is 0.257 e. The molecule has 0 radical (unpaired) electrons. The topological polar surface area (TPSA) is 32.3 Å². The fraction of sp³-hybridized carbons (Fsp3) is 0.562. The van der Waals surface area contributed by atoms with Gasteiger partial charge in [-0.1, -0.05) is 24.1 Å². The summed E-state index contributed by atoms with van der Waals surface area (Å²) in [6.07, 6.45) is 3.40. The minimum atomic E-state index is -0.633. The predicted octanol–water partition coefficient (Wildman–Crippen LogP) is 3.47. The van der Waals surface area contributed by atoms with E-state index in [1.54, 1.807) is 11.0 Å². The Balaban J connectivity index is 2.17. The maximum atomic E-state index is 14.1. The van der Waals surface area contributed by atoms with Gasteiger partial charge in [-0.05, 0) is 45.4 Å². The summed E-state index contributed by atoms with van der Waals surface area (Å²) < 4.78 is 14.1. The molecule has 1 aliphatic rings. The Hall–Kier alpha value is -1.13. The van der Waals surface area contributed by atoms with Gasteiger partial charge in [0.25, 0.3) is 5.91 Å². The lowest BCUT2D eigenvalue weighted by atomic mass is 10.0. The third-order valence-electron chi connectivity index (χ3n) is 3.90. The van der Waals surface area contributed by atoms with E-state index in [0.717, 1.165) is 13.0 Å². The number of piperidine rings is 1. The molecule has 2 rings (SSSR count). The average Bonchev–Trinajstić information content (AvgIpc) is 2.48. The highest BCUT2D eigenvalue weighted by atomic mass is 35.5. The quantitative estimate of drug-likeness (QED) is 0.923. The summed E-state index contributed by atoms with van der Waals surface area (Å²) >= 11 is 5.78. The highest BCUT2D eigenvalue weighted by molar-refractivity contribution is 6.31. The lowest BCUT2D eigenvalue weighted by Gasteiger charge is -2.33. The fourth-order valence-electron chi connectivity index (χ4n) is 2.67. The van der Waals surface area contributed by atoms with Gasteiger partial charge in [-0.25, -0.2) is 4.39 Å². The van der Waals surface area contributed by atoms with Crippen LogP contribution in [0.3, 0.4) is 0 Å². The summed E-state index contributed by atoms with van der Waals surface area (Å²) in [5, 5.41) is 3.41. The molecule has 0 aliphatic carbocycles. The molecule has 1 N–H and O–H groups in total. The van der Waals surface area contributed by atoms with Crippen LogP contribution in [0.5, 0.6) is 0 Å². The summed E-state index contributed by atoms with van der Waals surface area (Å²) in [6.45, 7) is 5.48. The molecule has 0 saturated carbocycles. The van der Waals surface area contributed by atoms with Gasteiger partial charge < -0.3 is 10.2 Å². The van der Waals surface area contributed by atoms with Gasteiger partial charge >= 0.3 is 0 Å². The molecule has 5 heteroatoms. The van der Waals surface area contributed by atoms with Crippen LogP contribution in [0.25, 0.3) is 0 Å². The number of carbonyl (C=O) groups excluding carboxylic acids is 1. The summed E-state index contributed by atoms with van der Waals surface area (Å²) in [4.78, 5) is 14.4. The Morgan fingerprint density at radius 2 is 2.24 bits per heavy atom. The van der Waals surface area contributed by atoms with Gasteiger partial charge in [0, 0.05) is 18.6 Å². The van der Waals surface area contributed by atoms with E-state index in [1.165, 1.54) is 25.0 Å². The molecule has 1 aromatic rings. The largest absolute Gasteiger partial charge is 0.335 e. The molecule has 21 heavy (non-hydrogen) atoms. The second kappa shape index (κ2) is 7.23. The van der Waals surface area contributed by atoms with Crippen molar-refractivity contribution in [1.29, 1.82) is 0 Å². The molecular formula is C16H22ClFN2O. The van der Waals surface area contributed by atoms with Crippen LogP contribution in [-0.2, 0) is 0 Å². The van der Waals surface area contributed by atoms with Crippen molar-refractivity contribution in [3.05, 3.63) is 34.6 Å². The number of halogens is 2. The highest BCUT2D eigenvalue weighted by Crippen LogP contribution is 2.21. The van der Waals surface area contributed by atoms with Crippen molar-refractivity contribution < 1.29 is 9.18 Å². The van der Waals surface area contributed by atoms with Gasteiger partial charge in [0.05, 0.1) is 10.6 Å². The molecule has 1 aromatic carbocycles. The highest BCUT2D eigenvalue weighted by Gasteiger charge is 2.26. The van der Waals surface area contributed by atoms with Crippen LogP contribution in [-0.4, -0.2) is 36.0 Å². The number of hydrogen-bond acceptors (Lipinski definition) is 2. The van der Waals surface area contributed by atoms with Crippen molar-refractivity contribution in [2.75, 3.05) is 13.1 Å². The summed E-state index contributed by atoms with van der Waals surface area (Å²) in [7, 11) is 0. The molecule has 1 atom stereocenters. The molecule has 1 heterocycles. The second-order valence-electron chi connectivity index (χ2n) is 5.80. The molecule has 0 spiro atoms. The lowest BCUT2D eigenvalue weighted by Crippen LogP contribution is -2.48. The van der Waals surface area contributed by atoms with Gasteiger partial charge in [0.2, 0.25) is 0 Å². The molecule has 1 saturated heterocycles. The van der Waals surface area contributed by atoms with Crippen LogP contribution in [0.15, 0.2) is 18.2 Å². The number of nitrogens with zero attached hydrogens (tertiary/aromatic N) is 1. The first-order valence-electron chi connectivity index (χ1n) is 7.49. The minimum Gasteiger partial charge on any atom is -0.335 e. The standard InChI is InChI=1S/C16H22ClFN2O/c1-11(2)20(10-12-6-3-4-9-19-12)16(21)13-7-5-8-14(17)15(13)18/h5,7-8,11-12,19H,3-4,6,9-10H2,1-2H3.